The maximum absolute atomic E-state index is 5.61. The number of anilines is 1. The van der Waals surface area contributed by atoms with Crippen molar-refractivity contribution in [3.63, 3.8) is 0 Å². The minimum Gasteiger partial charge on any atom is -0.377 e. The summed E-state index contributed by atoms with van der Waals surface area (Å²) in [6.07, 6.45) is 4.08. The molecular formula is C9H14ClN3OS. The molecule has 2 heterocycles. The molecule has 2 rings (SSSR count). The number of alkyl halides is 1. The van der Waals surface area contributed by atoms with Gasteiger partial charge in [-0.3, -0.25) is 0 Å². The van der Waals surface area contributed by atoms with E-state index in [1.807, 2.05) is 0 Å². The van der Waals surface area contributed by atoms with Crippen molar-refractivity contribution in [3.8, 4) is 0 Å². The molecule has 0 unspecified atom stereocenters. The van der Waals surface area contributed by atoms with Crippen LogP contribution in [0.15, 0.2) is 6.33 Å². The van der Waals surface area contributed by atoms with Crippen molar-refractivity contribution in [3.05, 3.63) is 6.33 Å². The van der Waals surface area contributed by atoms with Crippen LogP contribution in [-0.4, -0.2) is 41.0 Å². The second-order valence-electron chi connectivity index (χ2n) is 3.47. The van der Waals surface area contributed by atoms with Crippen LogP contribution >= 0.6 is 23.1 Å². The van der Waals surface area contributed by atoms with E-state index in [1.54, 1.807) is 6.33 Å². The maximum Gasteiger partial charge on any atom is 0.204 e. The summed E-state index contributed by atoms with van der Waals surface area (Å²) in [5.41, 5.74) is 0. The number of ether oxygens (including phenoxy) is 1. The Morgan fingerprint density at radius 2 is 2.33 bits per heavy atom. The third-order valence-corrected chi connectivity index (χ3v) is 3.37. The summed E-state index contributed by atoms with van der Waals surface area (Å²) in [5.74, 6) is 0.580. The second kappa shape index (κ2) is 5.63. The van der Waals surface area contributed by atoms with Crippen LogP contribution in [0, 0.1) is 0 Å². The van der Waals surface area contributed by atoms with Gasteiger partial charge in [-0.2, -0.15) is 4.37 Å². The average molecular weight is 248 g/mol. The molecule has 4 nitrogen and oxygen atoms in total. The third kappa shape index (κ3) is 3.03. The molecule has 15 heavy (non-hydrogen) atoms. The normalized spacial score (nSPS) is 18.3. The molecule has 1 aromatic heterocycles. The van der Waals surface area contributed by atoms with Crippen LogP contribution in [0.3, 0.4) is 0 Å². The fourth-order valence-corrected chi connectivity index (χ4v) is 2.40. The number of hydrogen-bond donors (Lipinski definition) is 0. The molecule has 0 radical (unpaired) electrons. The van der Waals surface area contributed by atoms with Crippen molar-refractivity contribution >= 4 is 28.3 Å². The van der Waals surface area contributed by atoms with Gasteiger partial charge in [0.25, 0.3) is 0 Å². The predicted octanol–water partition coefficient (Wildman–Crippen LogP) is 1.76. The number of piperidine rings is 1. The minimum absolute atomic E-state index is 0.368. The molecule has 1 aliphatic heterocycles. The lowest BCUT2D eigenvalue weighted by Gasteiger charge is -2.31. The Kier molecular flexibility index (Phi) is 4.17. The van der Waals surface area contributed by atoms with E-state index in [-0.39, 0.29) is 0 Å². The highest BCUT2D eigenvalue weighted by molar-refractivity contribution is 7.09. The van der Waals surface area contributed by atoms with Gasteiger partial charge in [-0.15, -0.1) is 11.6 Å². The molecule has 1 saturated heterocycles. The standard InChI is InChI=1S/C9H14ClN3OS/c10-3-6-14-8-1-4-13(5-2-8)9-11-7-12-15-9/h7-8H,1-6H2. The molecule has 84 valence electrons. The van der Waals surface area contributed by atoms with E-state index in [4.69, 9.17) is 16.3 Å². The lowest BCUT2D eigenvalue weighted by atomic mass is 10.1. The van der Waals surface area contributed by atoms with Gasteiger partial charge in [0.2, 0.25) is 5.13 Å². The van der Waals surface area contributed by atoms with E-state index < -0.39 is 0 Å². The van der Waals surface area contributed by atoms with Gasteiger partial charge in [0.15, 0.2) is 0 Å². The summed E-state index contributed by atoms with van der Waals surface area (Å²) >= 11 is 7.03. The van der Waals surface area contributed by atoms with Crippen molar-refractivity contribution in [2.24, 2.45) is 0 Å². The quantitative estimate of drug-likeness (QED) is 0.760. The van der Waals surface area contributed by atoms with E-state index in [9.17, 15) is 0 Å². The molecule has 0 bridgehead atoms. The first-order valence-corrected chi connectivity index (χ1v) is 6.40. The zero-order valence-corrected chi connectivity index (χ0v) is 10.0. The third-order valence-electron chi connectivity index (χ3n) is 2.49. The molecule has 0 spiro atoms. The molecule has 0 aromatic carbocycles. The predicted molar refractivity (Wildman–Crippen MR) is 61.8 cm³/mol. The van der Waals surface area contributed by atoms with Crippen molar-refractivity contribution in [2.75, 3.05) is 30.5 Å². The first-order chi connectivity index (χ1) is 7.40. The summed E-state index contributed by atoms with van der Waals surface area (Å²) in [5, 5.41) is 1.02. The number of halogens is 1. The Morgan fingerprint density at radius 3 is 2.93 bits per heavy atom. The lowest BCUT2D eigenvalue weighted by molar-refractivity contribution is 0.0472. The van der Waals surface area contributed by atoms with Gasteiger partial charge >= 0.3 is 0 Å². The zero-order valence-electron chi connectivity index (χ0n) is 8.43. The molecule has 1 aliphatic rings. The largest absolute Gasteiger partial charge is 0.377 e. The number of nitrogens with zero attached hydrogens (tertiary/aromatic N) is 3. The average Bonchev–Trinajstić information content (AvgIpc) is 2.80. The van der Waals surface area contributed by atoms with Gasteiger partial charge < -0.3 is 9.64 Å². The van der Waals surface area contributed by atoms with Gasteiger partial charge in [-0.05, 0) is 12.8 Å². The van der Waals surface area contributed by atoms with E-state index >= 15 is 0 Å². The number of hydrogen-bond acceptors (Lipinski definition) is 5. The van der Waals surface area contributed by atoms with Crippen molar-refractivity contribution in [1.82, 2.24) is 9.36 Å². The Labute approximate surface area is 98.4 Å². The van der Waals surface area contributed by atoms with Crippen molar-refractivity contribution in [1.29, 1.82) is 0 Å². The van der Waals surface area contributed by atoms with Gasteiger partial charge in [-0.1, -0.05) is 0 Å². The first kappa shape index (κ1) is 11.1. The Balaban J connectivity index is 1.77. The van der Waals surface area contributed by atoms with Crippen molar-refractivity contribution < 1.29 is 4.74 Å². The van der Waals surface area contributed by atoms with E-state index in [2.05, 4.69) is 14.3 Å². The minimum atomic E-state index is 0.368. The van der Waals surface area contributed by atoms with Crippen LogP contribution in [0.5, 0.6) is 0 Å². The monoisotopic (exact) mass is 247 g/mol. The van der Waals surface area contributed by atoms with Gasteiger partial charge in [0.05, 0.1) is 12.7 Å². The van der Waals surface area contributed by atoms with Gasteiger partial charge in [0, 0.05) is 30.5 Å². The number of rotatable bonds is 4. The molecule has 0 amide bonds. The molecule has 1 fully saturated rings. The molecule has 0 aliphatic carbocycles. The van der Waals surface area contributed by atoms with Gasteiger partial charge in [0.1, 0.15) is 6.33 Å². The van der Waals surface area contributed by atoms with E-state index in [1.165, 1.54) is 11.5 Å². The lowest BCUT2D eigenvalue weighted by Crippen LogP contribution is -2.37. The molecule has 0 N–H and O–H groups in total. The Hall–Kier alpha value is -0.390. The topological polar surface area (TPSA) is 38.2 Å². The fourth-order valence-electron chi connectivity index (χ4n) is 1.73. The summed E-state index contributed by atoms with van der Waals surface area (Å²) in [6, 6.07) is 0. The van der Waals surface area contributed by atoms with Crippen LogP contribution in [-0.2, 0) is 4.74 Å². The zero-order chi connectivity index (χ0) is 10.5. The molecule has 0 atom stereocenters. The maximum atomic E-state index is 5.61. The smallest absolute Gasteiger partial charge is 0.204 e. The highest BCUT2D eigenvalue weighted by atomic mass is 35.5. The number of aromatic nitrogens is 2. The highest BCUT2D eigenvalue weighted by Gasteiger charge is 2.21. The second-order valence-corrected chi connectivity index (χ2v) is 4.61. The molecule has 6 heteroatoms. The van der Waals surface area contributed by atoms with E-state index in [0.717, 1.165) is 31.1 Å². The molecule has 0 saturated carbocycles. The SMILES string of the molecule is ClCCOC1CCN(c2ncns2)CC1. The Bertz CT molecular complexity index is 275. The Morgan fingerprint density at radius 1 is 1.53 bits per heavy atom. The van der Waals surface area contributed by atoms with E-state index in [0.29, 0.717) is 18.6 Å². The first-order valence-electron chi connectivity index (χ1n) is 5.09. The van der Waals surface area contributed by atoms with Crippen molar-refractivity contribution in [2.45, 2.75) is 18.9 Å². The van der Waals surface area contributed by atoms with Crippen LogP contribution in [0.25, 0.3) is 0 Å². The highest BCUT2D eigenvalue weighted by Crippen LogP contribution is 2.21. The van der Waals surface area contributed by atoms with Crippen LogP contribution < -0.4 is 4.90 Å². The molecular weight excluding hydrogens is 234 g/mol. The van der Waals surface area contributed by atoms with Gasteiger partial charge in [-0.25, -0.2) is 4.98 Å². The summed E-state index contributed by atoms with van der Waals surface area (Å²) < 4.78 is 9.61. The van der Waals surface area contributed by atoms with Crippen LogP contribution in [0.4, 0.5) is 5.13 Å². The summed E-state index contributed by atoms with van der Waals surface area (Å²) in [4.78, 5) is 6.46. The molecule has 1 aromatic rings. The summed E-state index contributed by atoms with van der Waals surface area (Å²) in [6.45, 7) is 2.66. The van der Waals surface area contributed by atoms with Crippen LogP contribution in [0.1, 0.15) is 12.8 Å². The summed E-state index contributed by atoms with van der Waals surface area (Å²) in [7, 11) is 0. The van der Waals surface area contributed by atoms with Crippen LogP contribution in [0.2, 0.25) is 0 Å². The fraction of sp³-hybridized carbons (Fsp3) is 0.778.